The third-order valence-corrected chi connectivity index (χ3v) is 5.25. The molecule has 1 aromatic carbocycles. The van der Waals surface area contributed by atoms with Crippen molar-refractivity contribution in [3.05, 3.63) is 58.9 Å². The molecule has 3 heterocycles. The molecule has 4 rings (SSSR count). The quantitative estimate of drug-likeness (QED) is 0.559. The van der Waals surface area contributed by atoms with Crippen molar-refractivity contribution < 1.29 is 14.7 Å². The molecular weight excluding hydrogens is 380 g/mol. The maximum Gasteiger partial charge on any atom is 0.256 e. The van der Waals surface area contributed by atoms with Crippen molar-refractivity contribution >= 4 is 29.4 Å². The van der Waals surface area contributed by atoms with Crippen molar-refractivity contribution in [2.45, 2.75) is 39.2 Å². The van der Waals surface area contributed by atoms with E-state index in [4.69, 9.17) is 15.6 Å². The van der Waals surface area contributed by atoms with Crippen molar-refractivity contribution in [3.63, 3.8) is 0 Å². The molecule has 7 heteroatoms. The molecule has 0 bridgehead atoms. The number of fused-ring (bicyclic) bond motifs is 1. The first-order chi connectivity index (χ1) is 14.5. The summed E-state index contributed by atoms with van der Waals surface area (Å²) in [5.41, 5.74) is 12.4. The Morgan fingerprint density at radius 2 is 1.90 bits per heavy atom. The van der Waals surface area contributed by atoms with Crippen LogP contribution in [-0.4, -0.2) is 46.3 Å². The molecule has 1 atom stereocenters. The van der Waals surface area contributed by atoms with Gasteiger partial charge in [-0.1, -0.05) is 12.1 Å². The minimum atomic E-state index is 0.00678. The number of para-hydroxylation sites is 1. The number of nitrogens with one attached hydrogen (secondary N) is 1. The lowest BCUT2D eigenvalue weighted by Gasteiger charge is -2.35. The third kappa shape index (κ3) is 4.68. The summed E-state index contributed by atoms with van der Waals surface area (Å²) in [5, 5.41) is 7.00. The highest BCUT2D eigenvalue weighted by atomic mass is 16.2. The third-order valence-electron chi connectivity index (χ3n) is 5.25. The molecule has 1 saturated heterocycles. The lowest BCUT2D eigenvalue weighted by atomic mass is 9.98. The van der Waals surface area contributed by atoms with Crippen LogP contribution in [0.15, 0.2) is 36.4 Å². The number of aryl methyl sites for hydroxylation is 2. The fourth-order valence-corrected chi connectivity index (χ4v) is 3.98. The molecule has 1 fully saturated rings. The average molecular weight is 411 g/mol. The Balaban J connectivity index is 0.000000757. The number of carbonyl (C=O) groups excluding carboxylic acids is 2. The summed E-state index contributed by atoms with van der Waals surface area (Å²) >= 11 is 0. The van der Waals surface area contributed by atoms with E-state index in [9.17, 15) is 4.79 Å². The number of hydrogen-bond donors (Lipinski definition) is 3. The number of likely N-dealkylation sites (tertiary alicyclic amines) is 1. The molecule has 3 aromatic rings. The zero-order valence-corrected chi connectivity index (χ0v) is 17.8. The van der Waals surface area contributed by atoms with Crippen LogP contribution in [-0.2, 0) is 4.79 Å². The van der Waals surface area contributed by atoms with Crippen molar-refractivity contribution in [2.24, 2.45) is 0 Å². The van der Waals surface area contributed by atoms with Gasteiger partial charge in [-0.05, 0) is 62.9 Å². The van der Waals surface area contributed by atoms with E-state index in [0.717, 1.165) is 55.3 Å². The molecule has 0 radical (unpaired) electrons. The number of amides is 1. The smallest absolute Gasteiger partial charge is 0.256 e. The van der Waals surface area contributed by atoms with Crippen molar-refractivity contribution in [1.29, 1.82) is 0 Å². The zero-order chi connectivity index (χ0) is 22.3. The van der Waals surface area contributed by atoms with Crippen LogP contribution in [0.2, 0.25) is 0 Å². The van der Waals surface area contributed by atoms with E-state index in [1.807, 2.05) is 36.8 Å². The Kier molecular flexibility index (Phi) is 8.12. The largest absolute Gasteiger partial charge is 0.400 e. The number of aromatic amines is 1. The number of benzene rings is 1. The first-order valence-corrected chi connectivity index (χ1v) is 9.90. The lowest BCUT2D eigenvalue weighted by molar-refractivity contribution is -0.0980. The number of nitrogen functional groups attached to an aromatic ring is 1. The van der Waals surface area contributed by atoms with E-state index < -0.39 is 0 Å². The maximum absolute atomic E-state index is 13.2. The number of hydrogen-bond acceptors (Lipinski definition) is 5. The monoisotopic (exact) mass is 410 g/mol. The van der Waals surface area contributed by atoms with Crippen LogP contribution in [0, 0.1) is 13.8 Å². The number of aromatic nitrogens is 2. The summed E-state index contributed by atoms with van der Waals surface area (Å²) in [4.78, 5) is 31.3. The molecule has 1 amide bonds. The van der Waals surface area contributed by atoms with Crippen LogP contribution >= 0.6 is 0 Å². The second kappa shape index (κ2) is 10.5. The lowest BCUT2D eigenvalue weighted by Crippen LogP contribution is -2.39. The molecule has 4 N–H and O–H groups in total. The highest BCUT2D eigenvalue weighted by molar-refractivity contribution is 5.99. The highest BCUT2D eigenvalue weighted by Crippen LogP contribution is 2.34. The second-order valence-corrected chi connectivity index (χ2v) is 7.16. The number of carbonyl (C=O) groups is 2. The predicted molar refractivity (Wildman–Crippen MR) is 119 cm³/mol. The fourth-order valence-electron chi connectivity index (χ4n) is 3.98. The number of H-pyrrole nitrogens is 1. The van der Waals surface area contributed by atoms with E-state index in [1.165, 1.54) is 5.56 Å². The van der Waals surface area contributed by atoms with Gasteiger partial charge in [0.25, 0.3) is 5.91 Å². The summed E-state index contributed by atoms with van der Waals surface area (Å²) < 4.78 is 0. The SMILES string of the molecule is C=O.CO.Cc1cc(C)c2[nH]c(C3CCCCN3C(=O)c3ccccc3N)cc2n1. The van der Waals surface area contributed by atoms with Gasteiger partial charge in [-0.25, -0.2) is 0 Å². The zero-order valence-electron chi connectivity index (χ0n) is 17.8. The maximum atomic E-state index is 13.2. The van der Waals surface area contributed by atoms with E-state index in [-0.39, 0.29) is 11.9 Å². The minimum absolute atomic E-state index is 0.00678. The number of rotatable bonds is 2. The van der Waals surface area contributed by atoms with E-state index in [1.54, 1.807) is 6.07 Å². The van der Waals surface area contributed by atoms with Crippen molar-refractivity contribution in [1.82, 2.24) is 14.9 Å². The van der Waals surface area contributed by atoms with Gasteiger partial charge in [0.15, 0.2) is 0 Å². The van der Waals surface area contributed by atoms with Gasteiger partial charge in [-0.3, -0.25) is 9.78 Å². The molecule has 0 aliphatic carbocycles. The molecule has 1 aliphatic heterocycles. The number of anilines is 1. The van der Waals surface area contributed by atoms with Crippen molar-refractivity contribution in [2.75, 3.05) is 19.4 Å². The Morgan fingerprint density at radius 1 is 1.20 bits per heavy atom. The molecular formula is C23H30N4O3. The van der Waals surface area contributed by atoms with Gasteiger partial charge in [0, 0.05) is 30.7 Å². The molecule has 1 aliphatic rings. The minimum Gasteiger partial charge on any atom is -0.400 e. The summed E-state index contributed by atoms with van der Waals surface area (Å²) in [5.74, 6) is 0.00678. The predicted octanol–water partition coefficient (Wildman–Crippen LogP) is 3.55. The number of pyridine rings is 1. The van der Waals surface area contributed by atoms with Crippen molar-refractivity contribution in [3.8, 4) is 0 Å². The highest BCUT2D eigenvalue weighted by Gasteiger charge is 2.30. The summed E-state index contributed by atoms with van der Waals surface area (Å²) in [6.45, 7) is 6.85. The van der Waals surface area contributed by atoms with E-state index >= 15 is 0 Å². The van der Waals surface area contributed by atoms with Gasteiger partial charge in [-0.2, -0.15) is 0 Å². The number of nitrogens with zero attached hydrogens (tertiary/aromatic N) is 2. The first kappa shape index (κ1) is 23.1. The standard InChI is InChI=1S/C21H24N4O.CH4O.CH2O/c1-13-11-14(2)23-18-12-17(24-20(13)18)19-9-5-6-10-25(19)21(26)15-7-3-4-8-16(15)22;2*1-2/h3-4,7-8,11-12,19,24H,5-6,9-10,22H2,1-2H3;2H,1H3;1H2. The molecule has 0 saturated carbocycles. The van der Waals surface area contributed by atoms with Gasteiger partial charge in [-0.15, -0.1) is 0 Å². The summed E-state index contributed by atoms with van der Waals surface area (Å²) in [6.07, 6.45) is 3.08. The number of piperidine rings is 1. The van der Waals surface area contributed by atoms with Gasteiger partial charge in [0.05, 0.1) is 22.6 Å². The van der Waals surface area contributed by atoms with Gasteiger partial charge < -0.3 is 25.5 Å². The van der Waals surface area contributed by atoms with Gasteiger partial charge in [0.1, 0.15) is 6.79 Å². The molecule has 2 aromatic heterocycles. The average Bonchev–Trinajstić information content (AvgIpc) is 3.21. The van der Waals surface area contributed by atoms with Crippen LogP contribution in [0.5, 0.6) is 0 Å². The van der Waals surface area contributed by atoms with Crippen LogP contribution in [0.4, 0.5) is 5.69 Å². The Bertz CT molecular complexity index is 999. The molecule has 7 nitrogen and oxygen atoms in total. The topological polar surface area (TPSA) is 112 Å². The summed E-state index contributed by atoms with van der Waals surface area (Å²) in [7, 11) is 1.00. The van der Waals surface area contributed by atoms with Gasteiger partial charge in [0.2, 0.25) is 0 Å². The number of nitrogens with two attached hydrogens (primary N) is 1. The molecule has 0 spiro atoms. The second-order valence-electron chi connectivity index (χ2n) is 7.16. The Morgan fingerprint density at radius 3 is 2.60 bits per heavy atom. The Hall–Kier alpha value is -3.19. The number of aliphatic hydroxyl groups is 1. The van der Waals surface area contributed by atoms with Crippen LogP contribution < -0.4 is 5.73 Å². The van der Waals surface area contributed by atoms with Crippen LogP contribution in [0.25, 0.3) is 11.0 Å². The molecule has 30 heavy (non-hydrogen) atoms. The summed E-state index contributed by atoms with van der Waals surface area (Å²) in [6, 6.07) is 11.5. The Labute approximate surface area is 176 Å². The fraction of sp³-hybridized carbons (Fsp3) is 0.348. The normalized spacial score (nSPS) is 15.6. The van der Waals surface area contributed by atoms with E-state index in [0.29, 0.717) is 11.3 Å². The molecule has 160 valence electrons. The first-order valence-electron chi connectivity index (χ1n) is 9.90. The number of aliphatic hydroxyl groups excluding tert-OH is 1. The van der Waals surface area contributed by atoms with Crippen LogP contribution in [0.3, 0.4) is 0 Å². The van der Waals surface area contributed by atoms with Gasteiger partial charge >= 0.3 is 0 Å². The van der Waals surface area contributed by atoms with Crippen LogP contribution in [0.1, 0.15) is 52.6 Å². The molecule has 1 unspecified atom stereocenters. The van der Waals surface area contributed by atoms with E-state index in [2.05, 4.69) is 29.0 Å².